The van der Waals surface area contributed by atoms with Crippen LogP contribution in [0.25, 0.3) is 22.6 Å². The Kier molecular flexibility index (Phi) is 4.54. The maximum atomic E-state index is 12.4. The fourth-order valence-electron chi connectivity index (χ4n) is 4.15. The number of nitrogens with one attached hydrogen (secondary N) is 1. The molecule has 0 aliphatic carbocycles. The summed E-state index contributed by atoms with van der Waals surface area (Å²) in [6.07, 6.45) is 7.89. The molecule has 0 amide bonds. The number of aromatic amines is 1. The normalized spacial score (nSPS) is 15.4. The Morgan fingerprint density at radius 1 is 0.967 bits per heavy atom. The van der Waals surface area contributed by atoms with Crippen LogP contribution in [0.4, 0.5) is 0 Å². The summed E-state index contributed by atoms with van der Waals surface area (Å²) in [5.41, 5.74) is 5.62. The van der Waals surface area contributed by atoms with Gasteiger partial charge in [-0.1, -0.05) is 36.4 Å². The van der Waals surface area contributed by atoms with Crippen molar-refractivity contribution >= 4 is 11.0 Å². The van der Waals surface area contributed by atoms with Crippen LogP contribution in [0.1, 0.15) is 28.7 Å². The van der Waals surface area contributed by atoms with E-state index in [0.29, 0.717) is 12.4 Å². The van der Waals surface area contributed by atoms with Crippen molar-refractivity contribution < 1.29 is 0 Å². The number of hydrogen-bond donors (Lipinski definition) is 1. The van der Waals surface area contributed by atoms with Crippen LogP contribution in [0.2, 0.25) is 0 Å². The molecule has 0 unspecified atom stereocenters. The van der Waals surface area contributed by atoms with E-state index in [9.17, 15) is 9.59 Å². The molecule has 4 bridgehead atoms. The summed E-state index contributed by atoms with van der Waals surface area (Å²) in [5, 5.41) is 0. The third kappa shape index (κ3) is 3.34. The first-order valence-electron chi connectivity index (χ1n) is 10.3. The Balaban J connectivity index is 1.74. The lowest BCUT2D eigenvalue weighted by molar-refractivity contribution is 0.648. The third-order valence-electron chi connectivity index (χ3n) is 5.79. The highest BCUT2D eigenvalue weighted by molar-refractivity contribution is 5.81. The molecule has 0 saturated carbocycles. The Morgan fingerprint density at radius 3 is 2.57 bits per heavy atom. The van der Waals surface area contributed by atoms with Gasteiger partial charge in [0.15, 0.2) is 11.5 Å². The highest BCUT2D eigenvalue weighted by atomic mass is 16.2. The molecule has 0 fully saturated rings. The van der Waals surface area contributed by atoms with Crippen molar-refractivity contribution in [2.75, 3.05) is 0 Å². The number of benzene rings is 2. The number of nitrogens with zero attached hydrogens (tertiary/aromatic N) is 3. The SMILES string of the molecule is Cc1cc2nc3c(=O)[nH]c(=O)nc-3n3c2cc1C/C=C/Cc1ccc(cc1)CCC3. The number of aromatic nitrogens is 4. The summed E-state index contributed by atoms with van der Waals surface area (Å²) < 4.78 is 1.98. The molecule has 0 radical (unpaired) electrons. The van der Waals surface area contributed by atoms with Gasteiger partial charge in [-0.2, -0.15) is 4.98 Å². The summed E-state index contributed by atoms with van der Waals surface area (Å²) in [6, 6.07) is 12.9. The highest BCUT2D eigenvalue weighted by Crippen LogP contribution is 2.25. The van der Waals surface area contributed by atoms with Gasteiger partial charge in [0.1, 0.15) is 0 Å². The summed E-state index contributed by atoms with van der Waals surface area (Å²) in [6.45, 7) is 2.71. The minimum absolute atomic E-state index is 0.205. The van der Waals surface area contributed by atoms with Crippen molar-refractivity contribution in [1.82, 2.24) is 19.5 Å². The van der Waals surface area contributed by atoms with Crippen molar-refractivity contribution in [2.45, 2.75) is 39.2 Å². The van der Waals surface area contributed by atoms with Crippen molar-refractivity contribution in [3.8, 4) is 11.5 Å². The molecule has 0 aromatic heterocycles. The Morgan fingerprint density at radius 2 is 1.73 bits per heavy atom. The van der Waals surface area contributed by atoms with Crippen LogP contribution in [0.15, 0.2) is 58.1 Å². The molecule has 2 aromatic carbocycles. The van der Waals surface area contributed by atoms with Gasteiger partial charge in [-0.05, 0) is 67.0 Å². The largest absolute Gasteiger partial charge is 0.349 e. The molecule has 4 aliphatic rings. The molecule has 150 valence electrons. The lowest BCUT2D eigenvalue weighted by atomic mass is 10.0. The van der Waals surface area contributed by atoms with Crippen LogP contribution < -0.4 is 11.2 Å². The second-order valence-electron chi connectivity index (χ2n) is 7.87. The average Bonchev–Trinajstić information content (AvgIpc) is 2.73. The van der Waals surface area contributed by atoms with Crippen molar-refractivity contribution in [2.24, 2.45) is 0 Å². The molecular weight excluding hydrogens is 376 g/mol. The van der Waals surface area contributed by atoms with E-state index < -0.39 is 11.2 Å². The average molecular weight is 398 g/mol. The highest BCUT2D eigenvalue weighted by Gasteiger charge is 2.19. The third-order valence-corrected chi connectivity index (χ3v) is 5.79. The fraction of sp³-hybridized carbons (Fsp3) is 0.250. The molecule has 0 spiro atoms. The number of H-pyrrole nitrogens is 1. The fourth-order valence-corrected chi connectivity index (χ4v) is 4.15. The zero-order chi connectivity index (χ0) is 20.7. The minimum atomic E-state index is -0.640. The lowest BCUT2D eigenvalue weighted by Crippen LogP contribution is -2.29. The number of aryl methyl sites for hydroxylation is 3. The van der Waals surface area contributed by atoms with Gasteiger partial charge in [-0.25, -0.2) is 9.78 Å². The Hall–Kier alpha value is -3.54. The first kappa shape index (κ1) is 18.5. The minimum Gasteiger partial charge on any atom is -0.322 e. The standard InChI is InChI=1S/C24H22N4O2/c1-15-13-19-20-14-18(15)7-3-2-5-16-8-10-17(11-9-16)6-4-12-28(20)22-21(25-19)23(29)27-24(30)26-22/h2-3,8-11,13-14H,4-7,12H2,1H3,(H,27,29,30)/b3-2+. The monoisotopic (exact) mass is 398 g/mol. The van der Waals surface area contributed by atoms with Crippen LogP contribution in [-0.2, 0) is 25.8 Å². The zero-order valence-corrected chi connectivity index (χ0v) is 16.8. The molecule has 0 atom stereocenters. The molecule has 1 N–H and O–H groups in total. The zero-order valence-electron chi connectivity index (χ0n) is 16.8. The predicted molar refractivity (Wildman–Crippen MR) is 117 cm³/mol. The number of hydrogen-bond acceptors (Lipinski definition) is 4. The molecular formula is C24H22N4O2. The van der Waals surface area contributed by atoms with Gasteiger partial charge in [0.2, 0.25) is 0 Å². The lowest BCUT2D eigenvalue weighted by Gasteiger charge is -2.18. The van der Waals surface area contributed by atoms with E-state index in [1.165, 1.54) is 16.7 Å². The predicted octanol–water partition coefficient (Wildman–Crippen LogP) is 3.18. The molecule has 0 saturated heterocycles. The molecule has 30 heavy (non-hydrogen) atoms. The van der Waals surface area contributed by atoms with Gasteiger partial charge in [-0.15, -0.1) is 0 Å². The van der Waals surface area contributed by atoms with Crippen LogP contribution in [0.3, 0.4) is 0 Å². The second kappa shape index (κ2) is 7.37. The van der Waals surface area contributed by atoms with Gasteiger partial charge in [0, 0.05) is 6.54 Å². The quantitative estimate of drug-likeness (QED) is 0.364. The van der Waals surface area contributed by atoms with Crippen LogP contribution in [-0.4, -0.2) is 19.5 Å². The number of fused-ring (bicyclic) bond motifs is 7. The summed E-state index contributed by atoms with van der Waals surface area (Å²) in [7, 11) is 0. The summed E-state index contributed by atoms with van der Waals surface area (Å²) in [4.78, 5) is 35.3. The Bertz CT molecular complexity index is 1360. The second-order valence-corrected chi connectivity index (χ2v) is 7.87. The number of rotatable bonds is 0. The topological polar surface area (TPSA) is 80.6 Å². The van der Waals surface area contributed by atoms with Crippen molar-refractivity contribution in [3.63, 3.8) is 0 Å². The van der Waals surface area contributed by atoms with E-state index in [1.54, 1.807) is 0 Å². The van der Waals surface area contributed by atoms with E-state index in [0.717, 1.165) is 42.3 Å². The van der Waals surface area contributed by atoms with Crippen LogP contribution in [0, 0.1) is 6.92 Å². The molecule has 6 rings (SSSR count). The smallest absolute Gasteiger partial charge is 0.322 e. The summed E-state index contributed by atoms with van der Waals surface area (Å²) in [5.74, 6) is 0.348. The van der Waals surface area contributed by atoms with Gasteiger partial charge in [-0.3, -0.25) is 9.78 Å². The summed E-state index contributed by atoms with van der Waals surface area (Å²) >= 11 is 0. The maximum Gasteiger partial charge on any atom is 0.349 e. The van der Waals surface area contributed by atoms with E-state index in [2.05, 4.69) is 64.4 Å². The van der Waals surface area contributed by atoms with Crippen LogP contribution >= 0.6 is 0 Å². The van der Waals surface area contributed by atoms with Gasteiger partial charge in [0.05, 0.1) is 11.0 Å². The molecule has 6 nitrogen and oxygen atoms in total. The first-order chi connectivity index (χ1) is 14.6. The molecule has 2 aromatic rings. The van der Waals surface area contributed by atoms with Gasteiger partial charge in [0.25, 0.3) is 5.56 Å². The Labute approximate surface area is 173 Å². The molecule has 4 heterocycles. The molecule has 4 aliphatic heterocycles. The maximum absolute atomic E-state index is 12.4. The van der Waals surface area contributed by atoms with Gasteiger partial charge >= 0.3 is 5.69 Å². The van der Waals surface area contributed by atoms with Crippen molar-refractivity contribution in [3.05, 3.63) is 91.6 Å². The first-order valence-corrected chi connectivity index (χ1v) is 10.3. The van der Waals surface area contributed by atoms with E-state index >= 15 is 0 Å². The van der Waals surface area contributed by atoms with Crippen LogP contribution in [0.5, 0.6) is 0 Å². The molecule has 6 heteroatoms. The van der Waals surface area contributed by atoms with Gasteiger partial charge < -0.3 is 4.57 Å². The van der Waals surface area contributed by atoms with E-state index in [4.69, 9.17) is 0 Å². The van der Waals surface area contributed by atoms with E-state index in [1.807, 2.05) is 10.6 Å². The van der Waals surface area contributed by atoms with E-state index in [-0.39, 0.29) is 5.69 Å². The van der Waals surface area contributed by atoms with Crippen molar-refractivity contribution in [1.29, 1.82) is 0 Å². The number of allylic oxidation sites excluding steroid dienone is 2.